The van der Waals surface area contributed by atoms with E-state index in [0.717, 1.165) is 63.0 Å². The quantitative estimate of drug-likeness (QED) is 0.392. The van der Waals surface area contributed by atoms with E-state index in [2.05, 4.69) is 86.0 Å². The Kier molecular flexibility index (Phi) is 5.34. The number of rotatable bonds is 6. The molecule has 3 heterocycles. The van der Waals surface area contributed by atoms with E-state index < -0.39 is 0 Å². The number of aryl methyl sites for hydroxylation is 1. The summed E-state index contributed by atoms with van der Waals surface area (Å²) in [5, 5.41) is 11.2. The summed E-state index contributed by atoms with van der Waals surface area (Å²) in [4.78, 5) is 14.8. The molecule has 1 saturated heterocycles. The smallest absolute Gasteiger partial charge is 0.227 e. The van der Waals surface area contributed by atoms with Crippen LogP contribution in [0.15, 0.2) is 60.7 Å². The van der Waals surface area contributed by atoms with Gasteiger partial charge in [0.05, 0.1) is 5.69 Å². The van der Waals surface area contributed by atoms with Crippen LogP contribution in [0.3, 0.4) is 0 Å². The molecule has 0 bridgehead atoms. The van der Waals surface area contributed by atoms with Crippen molar-refractivity contribution in [2.24, 2.45) is 0 Å². The maximum Gasteiger partial charge on any atom is 0.227 e. The zero-order valence-corrected chi connectivity index (χ0v) is 20.5. The van der Waals surface area contributed by atoms with E-state index in [1.165, 1.54) is 46.6 Å². The Morgan fingerprint density at radius 3 is 2.33 bits per heavy atom. The largest absolute Gasteiger partial charge is 0.368 e. The maximum atomic E-state index is 5.01. The summed E-state index contributed by atoms with van der Waals surface area (Å²) in [6.07, 6.45) is 5.73. The van der Waals surface area contributed by atoms with Crippen molar-refractivity contribution in [3.63, 3.8) is 0 Å². The fourth-order valence-corrected chi connectivity index (χ4v) is 5.45. The average molecular weight is 478 g/mol. The van der Waals surface area contributed by atoms with Gasteiger partial charge in [-0.1, -0.05) is 42.5 Å². The van der Waals surface area contributed by atoms with Gasteiger partial charge in [-0.3, -0.25) is 5.10 Å². The van der Waals surface area contributed by atoms with E-state index in [1.54, 1.807) is 0 Å². The first-order chi connectivity index (χ1) is 17.8. The van der Waals surface area contributed by atoms with Crippen molar-refractivity contribution in [1.82, 2.24) is 20.2 Å². The zero-order chi connectivity index (χ0) is 23.9. The maximum absolute atomic E-state index is 5.01. The molecule has 2 aliphatic carbocycles. The number of hydrogen-bond acceptors (Lipinski definition) is 6. The van der Waals surface area contributed by atoms with E-state index in [-0.39, 0.29) is 0 Å². The van der Waals surface area contributed by atoms with Crippen LogP contribution in [0.5, 0.6) is 0 Å². The molecule has 7 heteroatoms. The Morgan fingerprint density at radius 2 is 1.56 bits per heavy atom. The van der Waals surface area contributed by atoms with E-state index in [1.807, 2.05) is 0 Å². The molecule has 0 unspecified atom stereocenters. The molecule has 0 amide bonds. The van der Waals surface area contributed by atoms with Crippen molar-refractivity contribution >= 4 is 23.3 Å². The predicted octanol–water partition coefficient (Wildman–Crippen LogP) is 5.30. The summed E-state index contributed by atoms with van der Waals surface area (Å²) >= 11 is 0. The molecule has 1 aliphatic heterocycles. The Balaban J connectivity index is 1.05. The average Bonchev–Trinajstić information content (AvgIpc) is 3.49. The number of aromatic nitrogens is 4. The summed E-state index contributed by atoms with van der Waals surface area (Å²) in [6, 6.07) is 21.6. The van der Waals surface area contributed by atoms with Crippen LogP contribution in [0.2, 0.25) is 0 Å². The first-order valence-electron chi connectivity index (χ1n) is 13.2. The molecule has 4 aromatic rings. The molecule has 0 spiro atoms. The third-order valence-electron chi connectivity index (χ3n) is 7.68. The number of fused-ring (bicyclic) bond motifs is 1. The Morgan fingerprint density at radius 1 is 0.806 bits per heavy atom. The zero-order valence-electron chi connectivity index (χ0n) is 20.5. The highest BCUT2D eigenvalue weighted by Gasteiger charge is 2.27. The van der Waals surface area contributed by atoms with Crippen molar-refractivity contribution < 1.29 is 0 Å². The third-order valence-corrected chi connectivity index (χ3v) is 7.68. The minimum Gasteiger partial charge on any atom is -0.368 e. The minimum atomic E-state index is 0.658. The second kappa shape index (κ2) is 8.97. The lowest BCUT2D eigenvalue weighted by Crippen LogP contribution is -2.47. The highest BCUT2D eigenvalue weighted by atomic mass is 15.3. The van der Waals surface area contributed by atoms with Crippen LogP contribution in [0, 0.1) is 0 Å². The number of benzene rings is 2. The molecule has 2 fully saturated rings. The van der Waals surface area contributed by atoms with Crippen molar-refractivity contribution in [3.8, 4) is 11.1 Å². The number of aromatic amines is 1. The van der Waals surface area contributed by atoms with Gasteiger partial charge in [0.2, 0.25) is 5.95 Å². The van der Waals surface area contributed by atoms with E-state index in [9.17, 15) is 0 Å². The van der Waals surface area contributed by atoms with E-state index in [4.69, 9.17) is 9.97 Å². The van der Waals surface area contributed by atoms with E-state index >= 15 is 0 Å². The van der Waals surface area contributed by atoms with Crippen molar-refractivity contribution in [1.29, 1.82) is 0 Å². The molecule has 36 heavy (non-hydrogen) atoms. The van der Waals surface area contributed by atoms with Crippen LogP contribution < -0.4 is 15.1 Å². The van der Waals surface area contributed by atoms with Gasteiger partial charge in [0.25, 0.3) is 0 Å². The number of piperazine rings is 1. The minimum absolute atomic E-state index is 0.658. The summed E-state index contributed by atoms with van der Waals surface area (Å²) < 4.78 is 0. The highest BCUT2D eigenvalue weighted by Crippen LogP contribution is 2.40. The number of H-pyrrole nitrogens is 1. The van der Waals surface area contributed by atoms with Gasteiger partial charge in [-0.25, -0.2) is 4.98 Å². The fourth-order valence-electron chi connectivity index (χ4n) is 5.45. The number of nitrogens with one attached hydrogen (secondary N) is 2. The van der Waals surface area contributed by atoms with Gasteiger partial charge in [-0.2, -0.15) is 10.1 Å². The first-order valence-corrected chi connectivity index (χ1v) is 13.2. The van der Waals surface area contributed by atoms with Crippen LogP contribution in [-0.4, -0.2) is 46.3 Å². The molecule has 182 valence electrons. The van der Waals surface area contributed by atoms with Crippen LogP contribution in [0.4, 0.5) is 23.3 Å². The monoisotopic (exact) mass is 477 g/mol. The van der Waals surface area contributed by atoms with Gasteiger partial charge in [-0.15, -0.1) is 0 Å². The van der Waals surface area contributed by atoms with Gasteiger partial charge in [0.15, 0.2) is 5.82 Å². The summed E-state index contributed by atoms with van der Waals surface area (Å²) in [6.45, 7) is 3.73. The molecule has 7 nitrogen and oxygen atoms in total. The number of anilines is 4. The number of nitrogens with zero attached hydrogens (tertiary/aromatic N) is 5. The Hall–Kier alpha value is -3.87. The topological polar surface area (TPSA) is 73.0 Å². The molecular formula is C29H31N7. The SMILES string of the molecule is c1ccc(-c2ccc(N3CCN(c4nc5c(c(Nc6cc(C7CC7)[nH]n6)n4)CCC5)CC3)cc2)cc1. The first kappa shape index (κ1) is 21.4. The van der Waals surface area contributed by atoms with Crippen LogP contribution in [0.25, 0.3) is 11.1 Å². The highest BCUT2D eigenvalue weighted by molar-refractivity contribution is 5.66. The van der Waals surface area contributed by atoms with Gasteiger partial charge in [0.1, 0.15) is 5.82 Å². The standard InChI is InChI=1S/C29H31N7/c1-2-5-20(6-3-1)21-11-13-23(14-12-21)35-15-17-36(18-16-35)29-30-25-8-4-7-24(25)28(32-29)31-27-19-26(33-34-27)22-9-10-22/h1-3,5-6,11-14,19,22H,4,7-10,15-18H2,(H2,30,31,32,33,34). The normalized spacial score (nSPS) is 17.3. The molecule has 7 rings (SSSR count). The second-order valence-electron chi connectivity index (χ2n) is 10.1. The lowest BCUT2D eigenvalue weighted by Gasteiger charge is -2.36. The van der Waals surface area contributed by atoms with E-state index in [0.29, 0.717) is 5.92 Å². The second-order valence-corrected chi connectivity index (χ2v) is 10.1. The third kappa shape index (κ3) is 4.19. The summed E-state index contributed by atoms with van der Waals surface area (Å²) in [7, 11) is 0. The van der Waals surface area contributed by atoms with Crippen LogP contribution in [0.1, 0.15) is 42.1 Å². The fraction of sp³-hybridized carbons (Fsp3) is 0.345. The van der Waals surface area contributed by atoms with Gasteiger partial charge in [-0.05, 0) is 55.4 Å². The van der Waals surface area contributed by atoms with Crippen LogP contribution in [-0.2, 0) is 12.8 Å². The lowest BCUT2D eigenvalue weighted by atomic mass is 10.1. The molecule has 1 saturated carbocycles. The Bertz CT molecular complexity index is 1350. The molecule has 0 atom stereocenters. The molecule has 2 N–H and O–H groups in total. The number of hydrogen-bond donors (Lipinski definition) is 2. The van der Waals surface area contributed by atoms with Gasteiger partial charge >= 0.3 is 0 Å². The predicted molar refractivity (Wildman–Crippen MR) is 144 cm³/mol. The molecule has 2 aromatic carbocycles. The van der Waals surface area contributed by atoms with Crippen LogP contribution >= 0.6 is 0 Å². The molecule has 0 radical (unpaired) electrons. The summed E-state index contributed by atoms with van der Waals surface area (Å²) in [5.41, 5.74) is 7.47. The molecule has 3 aliphatic rings. The summed E-state index contributed by atoms with van der Waals surface area (Å²) in [5.74, 6) is 3.29. The van der Waals surface area contributed by atoms with Crippen molar-refractivity contribution in [2.75, 3.05) is 41.3 Å². The van der Waals surface area contributed by atoms with Gasteiger partial charge in [0, 0.05) is 55.1 Å². The lowest BCUT2D eigenvalue weighted by molar-refractivity contribution is 0.639. The molecular weight excluding hydrogens is 446 g/mol. The van der Waals surface area contributed by atoms with Crippen molar-refractivity contribution in [2.45, 2.75) is 38.0 Å². The van der Waals surface area contributed by atoms with Crippen molar-refractivity contribution in [3.05, 3.63) is 77.6 Å². The molecule has 2 aromatic heterocycles. The van der Waals surface area contributed by atoms with Gasteiger partial charge < -0.3 is 15.1 Å². The Labute approximate surface area is 211 Å².